The Kier molecular flexibility index (Phi) is 4.97. The lowest BCUT2D eigenvalue weighted by atomic mass is 10.2. The molecule has 128 valence electrons. The van der Waals surface area contributed by atoms with Crippen molar-refractivity contribution in [1.82, 2.24) is 9.97 Å². The highest BCUT2D eigenvalue weighted by Gasteiger charge is 2.09. The monoisotopic (exact) mass is 376 g/mol. The first kappa shape index (κ1) is 17.3. The number of H-pyrrole nitrogens is 1. The van der Waals surface area contributed by atoms with E-state index in [0.29, 0.717) is 33.8 Å². The molecule has 0 unspecified atom stereocenters. The first-order valence-corrected chi connectivity index (χ1v) is 8.26. The number of nitrogens with zero attached hydrogens (tertiary/aromatic N) is 1. The molecule has 2 N–H and O–H groups in total. The lowest BCUT2D eigenvalue weighted by Crippen LogP contribution is -2.10. The van der Waals surface area contributed by atoms with E-state index in [-0.39, 0.29) is 22.2 Å². The lowest BCUT2D eigenvalue weighted by Gasteiger charge is -2.07. The van der Waals surface area contributed by atoms with Gasteiger partial charge in [-0.2, -0.15) is 0 Å². The molecule has 1 heterocycles. The third-order valence-corrected chi connectivity index (χ3v) is 3.99. The molecule has 0 spiro atoms. The van der Waals surface area contributed by atoms with Gasteiger partial charge in [0.05, 0.1) is 22.5 Å². The van der Waals surface area contributed by atoms with E-state index in [9.17, 15) is 9.90 Å². The molecular weight excluding hydrogens is 363 g/mol. The van der Waals surface area contributed by atoms with E-state index in [4.69, 9.17) is 27.9 Å². The Labute approximate surface area is 153 Å². The molecular formula is C18H14Cl2N2O3. The summed E-state index contributed by atoms with van der Waals surface area (Å²) in [7, 11) is 0. The molecule has 0 fully saturated rings. The summed E-state index contributed by atoms with van der Waals surface area (Å²) in [5.74, 6) is 0.645. The standard InChI is InChI=1S/C18H14Cl2N2O3/c1-2-25-16-8-10(3-6-15(16)23)7-13(20)17-21-14-5-4-11(19)9-12(14)18(24)22-17/h3-9,23H,2H2,1H3,(H,21,22,24)/b13-7-. The molecule has 0 saturated carbocycles. The third kappa shape index (κ3) is 3.78. The summed E-state index contributed by atoms with van der Waals surface area (Å²) in [6.45, 7) is 2.25. The van der Waals surface area contributed by atoms with E-state index in [2.05, 4.69) is 9.97 Å². The molecule has 1 aromatic heterocycles. The predicted octanol–water partition coefficient (Wildman–Crippen LogP) is 4.42. The van der Waals surface area contributed by atoms with Gasteiger partial charge in [0.15, 0.2) is 17.3 Å². The van der Waals surface area contributed by atoms with Gasteiger partial charge in [-0.25, -0.2) is 4.98 Å². The molecule has 3 rings (SSSR count). The minimum Gasteiger partial charge on any atom is -0.504 e. The van der Waals surface area contributed by atoms with Gasteiger partial charge in [-0.05, 0) is 48.9 Å². The second-order valence-corrected chi connectivity index (χ2v) is 6.07. The maximum absolute atomic E-state index is 12.2. The average molecular weight is 377 g/mol. The van der Waals surface area contributed by atoms with Gasteiger partial charge in [-0.15, -0.1) is 0 Å². The first-order valence-electron chi connectivity index (χ1n) is 7.51. The average Bonchev–Trinajstić information content (AvgIpc) is 2.58. The molecule has 0 bridgehead atoms. The lowest BCUT2D eigenvalue weighted by molar-refractivity contribution is 0.318. The maximum Gasteiger partial charge on any atom is 0.259 e. The number of phenolic OH excluding ortho intramolecular Hbond substituents is 1. The molecule has 0 aliphatic heterocycles. The van der Waals surface area contributed by atoms with Crippen molar-refractivity contribution in [2.75, 3.05) is 6.61 Å². The number of aromatic amines is 1. The van der Waals surface area contributed by atoms with E-state index in [1.807, 2.05) is 6.92 Å². The third-order valence-electron chi connectivity index (χ3n) is 3.47. The zero-order valence-corrected chi connectivity index (χ0v) is 14.7. The number of rotatable bonds is 4. The number of hydrogen-bond donors (Lipinski definition) is 2. The van der Waals surface area contributed by atoms with Gasteiger partial charge in [0.1, 0.15) is 0 Å². The number of aromatic nitrogens is 2. The number of aromatic hydroxyl groups is 1. The Balaban J connectivity index is 2.03. The van der Waals surface area contributed by atoms with Crippen molar-refractivity contribution < 1.29 is 9.84 Å². The van der Waals surface area contributed by atoms with Crippen LogP contribution in [0.1, 0.15) is 18.3 Å². The predicted molar refractivity (Wildman–Crippen MR) is 100 cm³/mol. The Bertz CT molecular complexity index is 1030. The van der Waals surface area contributed by atoms with Gasteiger partial charge in [0, 0.05) is 5.02 Å². The Hall–Kier alpha value is -2.50. The topological polar surface area (TPSA) is 75.2 Å². The zero-order chi connectivity index (χ0) is 18.0. The highest BCUT2D eigenvalue weighted by Crippen LogP contribution is 2.29. The van der Waals surface area contributed by atoms with Gasteiger partial charge in [0.25, 0.3) is 5.56 Å². The van der Waals surface area contributed by atoms with Gasteiger partial charge in [-0.3, -0.25) is 4.79 Å². The molecule has 5 nitrogen and oxygen atoms in total. The smallest absolute Gasteiger partial charge is 0.259 e. The summed E-state index contributed by atoms with van der Waals surface area (Å²) in [4.78, 5) is 19.2. The minimum atomic E-state index is -0.324. The van der Waals surface area contributed by atoms with E-state index < -0.39 is 0 Å². The van der Waals surface area contributed by atoms with Crippen LogP contribution in [0.15, 0.2) is 41.2 Å². The molecule has 0 radical (unpaired) electrons. The zero-order valence-electron chi connectivity index (χ0n) is 13.2. The highest BCUT2D eigenvalue weighted by molar-refractivity contribution is 6.50. The summed E-state index contributed by atoms with van der Waals surface area (Å²) in [6, 6.07) is 9.72. The van der Waals surface area contributed by atoms with Crippen LogP contribution in [-0.2, 0) is 0 Å². The van der Waals surface area contributed by atoms with Gasteiger partial charge >= 0.3 is 0 Å². The van der Waals surface area contributed by atoms with Crippen LogP contribution in [0, 0.1) is 0 Å². The van der Waals surface area contributed by atoms with Gasteiger partial charge in [-0.1, -0.05) is 29.3 Å². The van der Waals surface area contributed by atoms with Gasteiger partial charge < -0.3 is 14.8 Å². The normalized spacial score (nSPS) is 11.7. The second kappa shape index (κ2) is 7.17. The Morgan fingerprint density at radius 1 is 1.32 bits per heavy atom. The molecule has 7 heteroatoms. The summed E-state index contributed by atoms with van der Waals surface area (Å²) >= 11 is 12.2. The Morgan fingerprint density at radius 2 is 2.12 bits per heavy atom. The summed E-state index contributed by atoms with van der Waals surface area (Å²) < 4.78 is 5.34. The van der Waals surface area contributed by atoms with E-state index in [1.165, 1.54) is 6.07 Å². The second-order valence-electron chi connectivity index (χ2n) is 5.23. The number of benzene rings is 2. The van der Waals surface area contributed by atoms with Crippen molar-refractivity contribution in [2.45, 2.75) is 6.92 Å². The number of phenols is 1. The molecule has 2 aromatic carbocycles. The molecule has 0 amide bonds. The van der Waals surface area contributed by atoms with E-state index in [1.54, 1.807) is 36.4 Å². The number of hydrogen-bond acceptors (Lipinski definition) is 4. The Morgan fingerprint density at radius 3 is 2.88 bits per heavy atom. The van der Waals surface area contributed by atoms with Gasteiger partial charge in [0.2, 0.25) is 0 Å². The number of fused-ring (bicyclic) bond motifs is 1. The van der Waals surface area contributed by atoms with Crippen LogP contribution in [0.4, 0.5) is 0 Å². The fraction of sp³-hybridized carbons (Fsp3) is 0.111. The van der Waals surface area contributed by atoms with Crippen molar-refractivity contribution in [2.24, 2.45) is 0 Å². The number of nitrogens with one attached hydrogen (secondary N) is 1. The van der Waals surface area contributed by atoms with Crippen LogP contribution in [0.3, 0.4) is 0 Å². The van der Waals surface area contributed by atoms with Crippen molar-refractivity contribution in [3.05, 3.63) is 63.2 Å². The fourth-order valence-corrected chi connectivity index (χ4v) is 2.72. The molecule has 25 heavy (non-hydrogen) atoms. The largest absolute Gasteiger partial charge is 0.504 e. The quantitative estimate of drug-likeness (QED) is 0.706. The molecule has 3 aromatic rings. The van der Waals surface area contributed by atoms with Crippen LogP contribution >= 0.6 is 23.2 Å². The van der Waals surface area contributed by atoms with Crippen molar-refractivity contribution in [3.8, 4) is 11.5 Å². The first-order chi connectivity index (χ1) is 12.0. The summed E-state index contributed by atoms with van der Waals surface area (Å²) in [6.07, 6.45) is 1.63. The van der Waals surface area contributed by atoms with Crippen molar-refractivity contribution in [1.29, 1.82) is 0 Å². The van der Waals surface area contributed by atoms with Crippen molar-refractivity contribution >= 4 is 45.2 Å². The van der Waals surface area contributed by atoms with E-state index >= 15 is 0 Å². The van der Waals surface area contributed by atoms with E-state index in [0.717, 1.165) is 0 Å². The van der Waals surface area contributed by atoms with Crippen LogP contribution < -0.4 is 10.3 Å². The molecule has 0 aliphatic carbocycles. The van der Waals surface area contributed by atoms with Crippen LogP contribution in [-0.4, -0.2) is 21.7 Å². The fourth-order valence-electron chi connectivity index (χ4n) is 2.33. The van der Waals surface area contributed by atoms with Crippen molar-refractivity contribution in [3.63, 3.8) is 0 Å². The van der Waals surface area contributed by atoms with Crippen LogP contribution in [0.25, 0.3) is 22.0 Å². The minimum absolute atomic E-state index is 0.0456. The summed E-state index contributed by atoms with van der Waals surface area (Å²) in [5, 5.41) is 10.8. The van der Waals surface area contributed by atoms with Crippen LogP contribution in [0.5, 0.6) is 11.5 Å². The summed E-state index contributed by atoms with van der Waals surface area (Å²) in [5.41, 5.74) is 0.871. The molecule has 0 atom stereocenters. The van der Waals surface area contributed by atoms with Crippen LogP contribution in [0.2, 0.25) is 5.02 Å². The number of halogens is 2. The maximum atomic E-state index is 12.2. The number of ether oxygens (including phenoxy) is 1. The highest BCUT2D eigenvalue weighted by atomic mass is 35.5. The molecule has 0 saturated heterocycles. The molecule has 0 aliphatic rings. The SMILES string of the molecule is CCOc1cc(/C=C(\Cl)c2nc3ccc(Cl)cc3c(=O)[nH]2)ccc1O.